The molecule has 3 rings (SSSR count). The SMILES string of the molecule is C[C@H]1CCc2[nH]c3c(C(=O)NCC(=O)NCC(F)(F)F)cccc3c2C1. The summed E-state index contributed by atoms with van der Waals surface area (Å²) in [5.41, 5.74) is 3.44. The van der Waals surface area contributed by atoms with Gasteiger partial charge in [0.2, 0.25) is 5.91 Å². The van der Waals surface area contributed by atoms with Gasteiger partial charge in [-0.1, -0.05) is 19.1 Å². The van der Waals surface area contributed by atoms with Gasteiger partial charge >= 0.3 is 6.18 Å². The number of carbonyl (C=O) groups excluding carboxylic acids is 2. The third kappa shape index (κ3) is 4.00. The van der Waals surface area contributed by atoms with Gasteiger partial charge in [0.15, 0.2) is 0 Å². The molecule has 2 amide bonds. The van der Waals surface area contributed by atoms with Crippen molar-refractivity contribution in [2.75, 3.05) is 13.1 Å². The Bertz CT molecular complexity index is 842. The van der Waals surface area contributed by atoms with E-state index in [1.54, 1.807) is 17.4 Å². The summed E-state index contributed by atoms with van der Waals surface area (Å²) in [4.78, 5) is 27.2. The number of H-pyrrole nitrogens is 1. The van der Waals surface area contributed by atoms with E-state index in [2.05, 4.69) is 17.2 Å². The quantitative estimate of drug-likeness (QED) is 0.777. The van der Waals surface area contributed by atoms with Crippen LogP contribution in [-0.4, -0.2) is 36.1 Å². The van der Waals surface area contributed by atoms with Crippen molar-refractivity contribution in [2.45, 2.75) is 32.4 Å². The number of hydrogen-bond acceptors (Lipinski definition) is 2. The lowest BCUT2D eigenvalue weighted by molar-refractivity contribution is -0.137. The Hall–Kier alpha value is -2.51. The van der Waals surface area contributed by atoms with Gasteiger partial charge in [-0.15, -0.1) is 0 Å². The van der Waals surface area contributed by atoms with E-state index < -0.39 is 31.1 Å². The first-order valence-electron chi connectivity index (χ1n) is 8.48. The maximum Gasteiger partial charge on any atom is 0.405 e. The van der Waals surface area contributed by atoms with Crippen molar-refractivity contribution in [2.24, 2.45) is 5.92 Å². The minimum Gasteiger partial charge on any atom is -0.358 e. The molecule has 0 bridgehead atoms. The van der Waals surface area contributed by atoms with Gasteiger partial charge in [-0.3, -0.25) is 9.59 Å². The summed E-state index contributed by atoms with van der Waals surface area (Å²) in [6, 6.07) is 5.36. The number of hydrogen-bond donors (Lipinski definition) is 3. The van der Waals surface area contributed by atoms with Crippen LogP contribution in [0, 0.1) is 5.92 Å². The van der Waals surface area contributed by atoms with Gasteiger partial charge in [-0.25, -0.2) is 0 Å². The molecule has 8 heteroatoms. The Morgan fingerprint density at radius 2 is 2.04 bits per heavy atom. The molecule has 0 unspecified atom stereocenters. The first-order valence-corrected chi connectivity index (χ1v) is 8.48. The molecular weight excluding hydrogens is 347 g/mol. The maximum atomic E-state index is 12.4. The van der Waals surface area contributed by atoms with E-state index in [0.29, 0.717) is 17.0 Å². The van der Waals surface area contributed by atoms with Crippen molar-refractivity contribution in [3.05, 3.63) is 35.0 Å². The average Bonchev–Trinajstić information content (AvgIpc) is 2.95. The molecular formula is C18H20F3N3O2. The normalized spacial score (nSPS) is 17.0. The predicted molar refractivity (Wildman–Crippen MR) is 90.9 cm³/mol. The van der Waals surface area contributed by atoms with Crippen LogP contribution >= 0.6 is 0 Å². The third-order valence-corrected chi connectivity index (χ3v) is 4.61. The second-order valence-corrected chi connectivity index (χ2v) is 6.73. The van der Waals surface area contributed by atoms with Crippen LogP contribution in [0.15, 0.2) is 18.2 Å². The van der Waals surface area contributed by atoms with Crippen molar-refractivity contribution >= 4 is 22.7 Å². The van der Waals surface area contributed by atoms with Gasteiger partial charge in [0.05, 0.1) is 17.6 Å². The number of aromatic nitrogens is 1. The summed E-state index contributed by atoms with van der Waals surface area (Å²) in [7, 11) is 0. The molecule has 1 aromatic carbocycles. The number of rotatable bonds is 4. The van der Waals surface area contributed by atoms with Crippen LogP contribution in [0.4, 0.5) is 13.2 Å². The number of benzene rings is 1. The van der Waals surface area contributed by atoms with E-state index in [4.69, 9.17) is 0 Å². The van der Waals surface area contributed by atoms with Crippen LogP contribution in [0.5, 0.6) is 0 Å². The Kier molecular flexibility index (Phi) is 4.93. The van der Waals surface area contributed by atoms with Crippen LogP contribution in [0.2, 0.25) is 0 Å². The molecule has 1 heterocycles. The Morgan fingerprint density at radius 3 is 2.77 bits per heavy atom. The molecule has 2 aromatic rings. The molecule has 1 aliphatic carbocycles. The van der Waals surface area contributed by atoms with Gasteiger partial charge in [0, 0.05) is 11.1 Å². The summed E-state index contributed by atoms with van der Waals surface area (Å²) in [5.74, 6) is -0.803. The van der Waals surface area contributed by atoms with Gasteiger partial charge in [0.25, 0.3) is 5.91 Å². The fraction of sp³-hybridized carbons (Fsp3) is 0.444. The standard InChI is InChI=1S/C18H20F3N3O2/c1-10-5-6-14-13(7-10)11-3-2-4-12(16(11)24-14)17(26)22-8-15(25)23-9-18(19,20)21/h2-4,10,24H,5-9H2,1H3,(H,22,26)(H,23,25)/t10-/m0/s1. The zero-order chi connectivity index (χ0) is 18.9. The Morgan fingerprint density at radius 1 is 1.27 bits per heavy atom. The highest BCUT2D eigenvalue weighted by Gasteiger charge is 2.28. The fourth-order valence-corrected chi connectivity index (χ4v) is 3.32. The monoisotopic (exact) mass is 367 g/mol. The first-order chi connectivity index (χ1) is 12.2. The van der Waals surface area contributed by atoms with Gasteiger partial charge in [-0.2, -0.15) is 13.2 Å². The number of amides is 2. The molecule has 26 heavy (non-hydrogen) atoms. The van der Waals surface area contributed by atoms with Crippen LogP contribution in [0.25, 0.3) is 10.9 Å². The second kappa shape index (κ2) is 7.01. The zero-order valence-electron chi connectivity index (χ0n) is 14.3. The van der Waals surface area contributed by atoms with Gasteiger partial charge < -0.3 is 15.6 Å². The van der Waals surface area contributed by atoms with Gasteiger partial charge in [-0.05, 0) is 36.8 Å². The average molecular weight is 367 g/mol. The molecule has 0 saturated carbocycles. The van der Waals surface area contributed by atoms with Crippen LogP contribution in [-0.2, 0) is 17.6 Å². The molecule has 1 aromatic heterocycles. The zero-order valence-corrected chi connectivity index (χ0v) is 14.3. The van der Waals surface area contributed by atoms with Crippen molar-refractivity contribution in [1.82, 2.24) is 15.6 Å². The second-order valence-electron chi connectivity index (χ2n) is 6.73. The summed E-state index contributed by atoms with van der Waals surface area (Å²) in [6.07, 6.45) is -1.53. The lowest BCUT2D eigenvalue weighted by atomic mass is 9.87. The number of alkyl halides is 3. The third-order valence-electron chi connectivity index (χ3n) is 4.61. The van der Waals surface area contributed by atoms with Crippen LogP contribution in [0.3, 0.4) is 0 Å². The number of nitrogens with one attached hydrogen (secondary N) is 3. The predicted octanol–water partition coefficient (Wildman–Crippen LogP) is 2.70. The molecule has 5 nitrogen and oxygen atoms in total. The summed E-state index contributed by atoms with van der Waals surface area (Å²) in [5, 5.41) is 5.09. The summed E-state index contributed by atoms with van der Waals surface area (Å²) in [6.45, 7) is 0.263. The molecule has 140 valence electrons. The fourth-order valence-electron chi connectivity index (χ4n) is 3.32. The Balaban J connectivity index is 1.72. The minimum absolute atomic E-state index is 0.383. The Labute approximate surface area is 148 Å². The summed E-state index contributed by atoms with van der Waals surface area (Å²) < 4.78 is 36.3. The van der Waals surface area contributed by atoms with Crippen molar-refractivity contribution in [1.29, 1.82) is 0 Å². The van der Waals surface area contributed by atoms with E-state index in [0.717, 1.165) is 30.3 Å². The van der Waals surface area contributed by atoms with E-state index in [-0.39, 0.29) is 0 Å². The number of para-hydroxylation sites is 1. The number of aryl methyl sites for hydroxylation is 1. The summed E-state index contributed by atoms with van der Waals surface area (Å²) >= 11 is 0. The number of carbonyl (C=O) groups is 2. The minimum atomic E-state index is -4.48. The molecule has 0 fully saturated rings. The highest BCUT2D eigenvalue weighted by atomic mass is 19.4. The molecule has 1 atom stereocenters. The van der Waals surface area contributed by atoms with Crippen molar-refractivity contribution in [3.63, 3.8) is 0 Å². The van der Waals surface area contributed by atoms with E-state index in [1.807, 2.05) is 6.07 Å². The van der Waals surface area contributed by atoms with E-state index >= 15 is 0 Å². The van der Waals surface area contributed by atoms with E-state index in [1.165, 1.54) is 5.56 Å². The largest absolute Gasteiger partial charge is 0.405 e. The lowest BCUT2D eigenvalue weighted by Crippen LogP contribution is -2.40. The van der Waals surface area contributed by atoms with Crippen molar-refractivity contribution < 1.29 is 22.8 Å². The molecule has 0 radical (unpaired) electrons. The lowest BCUT2D eigenvalue weighted by Gasteiger charge is -2.17. The van der Waals surface area contributed by atoms with Crippen LogP contribution in [0.1, 0.15) is 35.0 Å². The molecule has 0 aliphatic heterocycles. The number of aromatic amines is 1. The van der Waals surface area contributed by atoms with Gasteiger partial charge in [0.1, 0.15) is 6.54 Å². The molecule has 0 spiro atoms. The maximum absolute atomic E-state index is 12.4. The van der Waals surface area contributed by atoms with Crippen molar-refractivity contribution in [3.8, 4) is 0 Å². The van der Waals surface area contributed by atoms with Crippen LogP contribution < -0.4 is 10.6 Å². The van der Waals surface area contributed by atoms with E-state index in [9.17, 15) is 22.8 Å². The highest BCUT2D eigenvalue weighted by Crippen LogP contribution is 2.32. The first kappa shape index (κ1) is 18.3. The number of halogens is 3. The smallest absolute Gasteiger partial charge is 0.358 e. The molecule has 0 saturated heterocycles. The molecule has 3 N–H and O–H groups in total. The highest BCUT2D eigenvalue weighted by molar-refractivity contribution is 6.07. The molecule has 1 aliphatic rings. The number of fused-ring (bicyclic) bond motifs is 3. The topological polar surface area (TPSA) is 74.0 Å².